The third kappa shape index (κ3) is 3.63. The highest BCUT2D eigenvalue weighted by Gasteiger charge is 1.89. The monoisotopic (exact) mass is 87.0 g/mol. The standard InChI is InChI=1S/C4H7O2/c1-4(6)2-3-5/h4,6H,2H2,1H3. The molecule has 0 amide bonds. The Morgan fingerprint density at radius 3 is 2.50 bits per heavy atom. The van der Waals surface area contributed by atoms with E-state index in [2.05, 4.69) is 0 Å². The van der Waals surface area contributed by atoms with Crippen molar-refractivity contribution in [2.45, 2.75) is 19.4 Å². The van der Waals surface area contributed by atoms with Gasteiger partial charge in [0.25, 0.3) is 0 Å². The Kier molecular flexibility index (Phi) is 2.67. The number of hydrogen-bond donors (Lipinski definition) is 1. The van der Waals surface area contributed by atoms with Gasteiger partial charge in [-0.15, -0.1) is 0 Å². The Balaban J connectivity index is 2.81. The molecule has 2 nitrogen and oxygen atoms in total. The van der Waals surface area contributed by atoms with Crippen molar-refractivity contribution in [2.75, 3.05) is 0 Å². The molecule has 0 saturated carbocycles. The molecule has 0 spiro atoms. The summed E-state index contributed by atoms with van der Waals surface area (Å²) in [6.45, 7) is 1.55. The molecular formula is C4H7O2. The van der Waals surface area contributed by atoms with Gasteiger partial charge < -0.3 is 5.11 Å². The normalized spacial score (nSPS) is 13.7. The first-order valence-electron chi connectivity index (χ1n) is 1.80. The molecule has 0 heterocycles. The molecule has 0 aliphatic rings. The van der Waals surface area contributed by atoms with Crippen molar-refractivity contribution < 1.29 is 9.90 Å². The van der Waals surface area contributed by atoms with E-state index >= 15 is 0 Å². The molecule has 35 valence electrons. The molecule has 0 fully saturated rings. The molecular weight excluding hydrogens is 80.0 g/mol. The molecule has 1 atom stereocenters. The Labute approximate surface area is 36.8 Å². The molecule has 1 radical (unpaired) electrons. The van der Waals surface area contributed by atoms with Crippen LogP contribution in [0.3, 0.4) is 0 Å². The minimum absolute atomic E-state index is 0.125. The molecule has 1 unspecified atom stereocenters. The second kappa shape index (κ2) is 2.85. The summed E-state index contributed by atoms with van der Waals surface area (Å²) in [5, 5.41) is 8.29. The minimum Gasteiger partial charge on any atom is -0.393 e. The van der Waals surface area contributed by atoms with Gasteiger partial charge in [-0.05, 0) is 6.92 Å². The Morgan fingerprint density at radius 1 is 2.00 bits per heavy atom. The maximum Gasteiger partial charge on any atom is 0.201 e. The van der Waals surface area contributed by atoms with Gasteiger partial charge in [-0.3, -0.25) is 4.79 Å². The van der Waals surface area contributed by atoms with E-state index < -0.39 is 6.10 Å². The van der Waals surface area contributed by atoms with E-state index in [0.29, 0.717) is 0 Å². The van der Waals surface area contributed by atoms with E-state index in [0.717, 1.165) is 0 Å². The zero-order valence-electron chi connectivity index (χ0n) is 3.64. The Hall–Kier alpha value is -0.370. The zero-order chi connectivity index (χ0) is 4.99. The predicted octanol–water partition coefficient (Wildman–Crippen LogP) is -0.133. The van der Waals surface area contributed by atoms with Gasteiger partial charge in [0.15, 0.2) is 0 Å². The van der Waals surface area contributed by atoms with Crippen LogP contribution < -0.4 is 0 Å². The summed E-state index contributed by atoms with van der Waals surface area (Å²) in [4.78, 5) is 9.33. The molecule has 0 saturated heterocycles. The summed E-state index contributed by atoms with van der Waals surface area (Å²) in [7, 11) is 0. The zero-order valence-corrected chi connectivity index (χ0v) is 3.64. The summed E-state index contributed by atoms with van der Waals surface area (Å²) in [6, 6.07) is 0. The highest BCUT2D eigenvalue weighted by Crippen LogP contribution is 1.80. The lowest BCUT2D eigenvalue weighted by molar-refractivity contribution is 0.202. The number of carbonyl (C=O) groups excluding carboxylic acids is 1. The van der Waals surface area contributed by atoms with E-state index in [1.54, 1.807) is 13.2 Å². The summed E-state index contributed by atoms with van der Waals surface area (Å²) in [5.74, 6) is 0. The molecule has 0 rings (SSSR count). The van der Waals surface area contributed by atoms with E-state index in [4.69, 9.17) is 5.11 Å². The van der Waals surface area contributed by atoms with Gasteiger partial charge in [0.1, 0.15) is 0 Å². The van der Waals surface area contributed by atoms with Crippen LogP contribution in [0.1, 0.15) is 13.3 Å². The summed E-state index contributed by atoms with van der Waals surface area (Å²) >= 11 is 0. The highest BCUT2D eigenvalue weighted by molar-refractivity contribution is 5.50. The van der Waals surface area contributed by atoms with Gasteiger partial charge in [0.2, 0.25) is 6.29 Å². The fraction of sp³-hybridized carbons (Fsp3) is 0.750. The fourth-order valence-corrected chi connectivity index (χ4v) is 0.121. The number of rotatable bonds is 2. The van der Waals surface area contributed by atoms with Gasteiger partial charge in [-0.25, -0.2) is 0 Å². The van der Waals surface area contributed by atoms with Crippen molar-refractivity contribution in [1.29, 1.82) is 0 Å². The minimum atomic E-state index is -0.525. The summed E-state index contributed by atoms with van der Waals surface area (Å²) < 4.78 is 0. The molecule has 2 heteroatoms. The van der Waals surface area contributed by atoms with E-state index in [1.807, 2.05) is 0 Å². The first-order chi connectivity index (χ1) is 2.77. The molecule has 0 aromatic heterocycles. The van der Waals surface area contributed by atoms with Gasteiger partial charge in [0, 0.05) is 6.42 Å². The van der Waals surface area contributed by atoms with Crippen LogP contribution in [0.25, 0.3) is 0 Å². The lowest BCUT2D eigenvalue weighted by Gasteiger charge is -1.89. The number of aliphatic hydroxyl groups is 1. The topological polar surface area (TPSA) is 37.3 Å². The fourth-order valence-electron chi connectivity index (χ4n) is 0.121. The highest BCUT2D eigenvalue weighted by atomic mass is 16.3. The molecule has 1 N–H and O–H groups in total. The van der Waals surface area contributed by atoms with Gasteiger partial charge in [0.05, 0.1) is 6.10 Å². The lowest BCUT2D eigenvalue weighted by Crippen LogP contribution is -1.97. The molecule has 6 heavy (non-hydrogen) atoms. The van der Waals surface area contributed by atoms with Crippen LogP contribution in [0.2, 0.25) is 0 Å². The first-order valence-corrected chi connectivity index (χ1v) is 1.80. The van der Waals surface area contributed by atoms with Gasteiger partial charge in [-0.2, -0.15) is 0 Å². The maximum atomic E-state index is 9.33. The van der Waals surface area contributed by atoms with Crippen LogP contribution in [0.4, 0.5) is 0 Å². The second-order valence-electron chi connectivity index (χ2n) is 1.20. The van der Waals surface area contributed by atoms with Gasteiger partial charge in [-0.1, -0.05) is 0 Å². The molecule has 0 aliphatic carbocycles. The van der Waals surface area contributed by atoms with Crippen LogP contribution in [-0.4, -0.2) is 17.5 Å². The smallest absolute Gasteiger partial charge is 0.201 e. The summed E-state index contributed by atoms with van der Waals surface area (Å²) in [5.41, 5.74) is 0. The maximum absolute atomic E-state index is 9.33. The van der Waals surface area contributed by atoms with Gasteiger partial charge >= 0.3 is 0 Å². The Morgan fingerprint density at radius 2 is 2.50 bits per heavy atom. The third-order valence-corrected chi connectivity index (χ3v) is 0.379. The van der Waals surface area contributed by atoms with Crippen molar-refractivity contribution in [3.63, 3.8) is 0 Å². The van der Waals surface area contributed by atoms with Crippen molar-refractivity contribution in [3.05, 3.63) is 0 Å². The first kappa shape index (κ1) is 5.63. The van der Waals surface area contributed by atoms with Crippen LogP contribution in [0.15, 0.2) is 0 Å². The largest absolute Gasteiger partial charge is 0.393 e. The SMILES string of the molecule is CC(O)C[C]=O. The molecule has 0 aromatic carbocycles. The van der Waals surface area contributed by atoms with E-state index in [-0.39, 0.29) is 6.42 Å². The van der Waals surface area contributed by atoms with Crippen molar-refractivity contribution >= 4 is 6.29 Å². The predicted molar refractivity (Wildman–Crippen MR) is 22.0 cm³/mol. The number of hydrogen-bond acceptors (Lipinski definition) is 2. The van der Waals surface area contributed by atoms with Crippen LogP contribution in [0.5, 0.6) is 0 Å². The van der Waals surface area contributed by atoms with Crippen LogP contribution in [-0.2, 0) is 4.79 Å². The third-order valence-electron chi connectivity index (χ3n) is 0.379. The second-order valence-corrected chi connectivity index (χ2v) is 1.20. The van der Waals surface area contributed by atoms with E-state index in [1.165, 1.54) is 0 Å². The molecule has 0 bridgehead atoms. The van der Waals surface area contributed by atoms with E-state index in [9.17, 15) is 4.79 Å². The van der Waals surface area contributed by atoms with Crippen molar-refractivity contribution in [3.8, 4) is 0 Å². The average Bonchev–Trinajstić information content (AvgIpc) is 1.35. The molecule has 0 aliphatic heterocycles. The average molecular weight is 87.1 g/mol. The molecule has 0 aromatic rings. The summed E-state index contributed by atoms with van der Waals surface area (Å²) in [6.07, 6.45) is 1.17. The van der Waals surface area contributed by atoms with Crippen LogP contribution >= 0.6 is 0 Å². The number of aliphatic hydroxyl groups excluding tert-OH is 1. The quantitative estimate of drug-likeness (QED) is 0.509. The van der Waals surface area contributed by atoms with Crippen molar-refractivity contribution in [1.82, 2.24) is 0 Å². The van der Waals surface area contributed by atoms with Crippen molar-refractivity contribution in [2.24, 2.45) is 0 Å². The lowest BCUT2D eigenvalue weighted by atomic mass is 10.3. The van der Waals surface area contributed by atoms with Crippen LogP contribution in [0, 0.1) is 0 Å². The Bertz CT molecular complexity index is 40.8.